The normalized spacial score (nSPS) is 10.7. The van der Waals surface area contributed by atoms with Crippen LogP contribution in [0.4, 0.5) is 15.8 Å². The van der Waals surface area contributed by atoms with Gasteiger partial charge in [0, 0.05) is 6.92 Å². The molecule has 6 nitrogen and oxygen atoms in total. The zero-order chi connectivity index (χ0) is 17.0. The van der Waals surface area contributed by atoms with Gasteiger partial charge in [-0.3, -0.25) is 9.52 Å². The Balaban J connectivity index is 2.29. The summed E-state index contributed by atoms with van der Waals surface area (Å²) in [4.78, 5) is 11.0. The Hall–Kier alpha value is -2.92. The van der Waals surface area contributed by atoms with Crippen LogP contribution in [0.3, 0.4) is 0 Å². The molecule has 0 aromatic heterocycles. The fourth-order valence-corrected chi connectivity index (χ4v) is 2.85. The maximum absolute atomic E-state index is 13.5. The van der Waals surface area contributed by atoms with E-state index in [0.717, 1.165) is 6.07 Å². The third-order valence-electron chi connectivity index (χ3n) is 2.82. The number of sulfonamides is 1. The molecule has 0 atom stereocenters. The summed E-state index contributed by atoms with van der Waals surface area (Å²) in [6, 6.07) is 10.7. The van der Waals surface area contributed by atoms with Crippen molar-refractivity contribution in [1.82, 2.24) is 0 Å². The van der Waals surface area contributed by atoms with E-state index in [4.69, 9.17) is 5.26 Å². The van der Waals surface area contributed by atoms with Gasteiger partial charge in [0.1, 0.15) is 5.82 Å². The first-order valence-electron chi connectivity index (χ1n) is 6.42. The molecule has 0 saturated heterocycles. The average molecular weight is 333 g/mol. The van der Waals surface area contributed by atoms with E-state index in [0.29, 0.717) is 5.56 Å². The second-order valence-corrected chi connectivity index (χ2v) is 6.30. The molecule has 2 N–H and O–H groups in total. The van der Waals surface area contributed by atoms with E-state index in [1.54, 1.807) is 0 Å². The molecule has 1 amide bonds. The Labute approximate surface area is 132 Å². The fraction of sp³-hybridized carbons (Fsp3) is 0.0667. The number of carbonyl (C=O) groups is 1. The fourth-order valence-electron chi connectivity index (χ4n) is 1.80. The molecule has 2 aromatic carbocycles. The van der Waals surface area contributed by atoms with Gasteiger partial charge in [0.2, 0.25) is 5.91 Å². The molecule has 0 bridgehead atoms. The van der Waals surface area contributed by atoms with Crippen molar-refractivity contribution in [3.05, 3.63) is 53.8 Å². The van der Waals surface area contributed by atoms with Crippen molar-refractivity contribution >= 4 is 27.3 Å². The number of carbonyl (C=O) groups excluding carboxylic acids is 1. The largest absolute Gasteiger partial charge is 0.324 e. The number of hydrogen-bond acceptors (Lipinski definition) is 4. The number of nitriles is 1. The molecule has 0 unspecified atom stereocenters. The van der Waals surface area contributed by atoms with E-state index in [-0.39, 0.29) is 16.3 Å². The highest BCUT2D eigenvalue weighted by molar-refractivity contribution is 7.92. The van der Waals surface area contributed by atoms with Gasteiger partial charge < -0.3 is 5.32 Å². The summed E-state index contributed by atoms with van der Waals surface area (Å²) in [6.45, 7) is 1.22. The van der Waals surface area contributed by atoms with Gasteiger partial charge in [-0.2, -0.15) is 5.26 Å². The van der Waals surface area contributed by atoms with Crippen LogP contribution < -0.4 is 10.0 Å². The zero-order valence-corrected chi connectivity index (χ0v) is 12.8. The molecule has 118 valence electrons. The standard InChI is InChI=1S/C15H12FN3O3S/c1-10(20)18-15-8-12(4-7-14(15)16)19-23(21,22)13-5-2-11(9-17)3-6-13/h2-8,19H,1H3,(H,18,20). The molecular formula is C15H12FN3O3S. The summed E-state index contributed by atoms with van der Waals surface area (Å²) in [5, 5.41) is 11.0. The van der Waals surface area contributed by atoms with Crippen LogP contribution in [0.5, 0.6) is 0 Å². The molecule has 8 heteroatoms. The van der Waals surface area contributed by atoms with Crippen molar-refractivity contribution < 1.29 is 17.6 Å². The summed E-state index contributed by atoms with van der Waals surface area (Å²) in [7, 11) is -3.89. The number of rotatable bonds is 4. The van der Waals surface area contributed by atoms with Crippen molar-refractivity contribution in [3.8, 4) is 6.07 Å². The van der Waals surface area contributed by atoms with Crippen LogP contribution in [0, 0.1) is 17.1 Å². The van der Waals surface area contributed by atoms with Gasteiger partial charge in [0.05, 0.1) is 27.9 Å². The summed E-state index contributed by atoms with van der Waals surface area (Å²) >= 11 is 0. The van der Waals surface area contributed by atoms with Crippen LogP contribution in [0.25, 0.3) is 0 Å². The van der Waals surface area contributed by atoms with Crippen LogP contribution in [0.2, 0.25) is 0 Å². The van der Waals surface area contributed by atoms with E-state index in [9.17, 15) is 17.6 Å². The van der Waals surface area contributed by atoms with Crippen molar-refractivity contribution in [1.29, 1.82) is 5.26 Å². The summed E-state index contributed by atoms with van der Waals surface area (Å²) in [5.41, 5.74) is 0.302. The van der Waals surface area contributed by atoms with Crippen molar-refractivity contribution in [2.24, 2.45) is 0 Å². The highest BCUT2D eigenvalue weighted by Gasteiger charge is 2.15. The van der Waals surface area contributed by atoms with Gasteiger partial charge in [0.25, 0.3) is 10.0 Å². The van der Waals surface area contributed by atoms with E-state index in [1.165, 1.54) is 43.3 Å². The highest BCUT2D eigenvalue weighted by Crippen LogP contribution is 2.22. The lowest BCUT2D eigenvalue weighted by Crippen LogP contribution is -2.14. The molecule has 0 saturated carbocycles. The van der Waals surface area contributed by atoms with E-state index in [2.05, 4.69) is 10.0 Å². The van der Waals surface area contributed by atoms with Crippen LogP contribution >= 0.6 is 0 Å². The second kappa shape index (κ2) is 6.46. The Morgan fingerprint density at radius 1 is 1.17 bits per heavy atom. The van der Waals surface area contributed by atoms with Gasteiger partial charge in [-0.15, -0.1) is 0 Å². The van der Waals surface area contributed by atoms with Gasteiger partial charge >= 0.3 is 0 Å². The first-order valence-corrected chi connectivity index (χ1v) is 7.90. The summed E-state index contributed by atoms with van der Waals surface area (Å²) < 4.78 is 40.3. The molecule has 0 aliphatic rings. The number of benzene rings is 2. The number of nitrogens with one attached hydrogen (secondary N) is 2. The number of amides is 1. The van der Waals surface area contributed by atoms with Crippen LogP contribution in [0.15, 0.2) is 47.4 Å². The third-order valence-corrected chi connectivity index (χ3v) is 4.22. The van der Waals surface area contributed by atoms with Crippen molar-refractivity contribution in [3.63, 3.8) is 0 Å². The van der Waals surface area contributed by atoms with Gasteiger partial charge in [-0.25, -0.2) is 12.8 Å². The first kappa shape index (κ1) is 16.5. The van der Waals surface area contributed by atoms with Crippen LogP contribution in [-0.2, 0) is 14.8 Å². The Bertz CT molecular complexity index is 887. The minimum Gasteiger partial charge on any atom is -0.324 e. The molecule has 0 spiro atoms. The summed E-state index contributed by atoms with van der Waals surface area (Å²) in [6.07, 6.45) is 0. The van der Waals surface area contributed by atoms with Gasteiger partial charge in [0.15, 0.2) is 0 Å². The molecule has 0 radical (unpaired) electrons. The summed E-state index contributed by atoms with van der Waals surface area (Å²) in [5.74, 6) is -1.16. The molecule has 2 rings (SSSR count). The predicted octanol–water partition coefficient (Wildman–Crippen LogP) is 2.46. The molecule has 0 aliphatic heterocycles. The quantitative estimate of drug-likeness (QED) is 0.897. The molecular weight excluding hydrogens is 321 g/mol. The lowest BCUT2D eigenvalue weighted by molar-refractivity contribution is -0.114. The minimum atomic E-state index is -3.89. The molecule has 0 aliphatic carbocycles. The van der Waals surface area contributed by atoms with Crippen molar-refractivity contribution in [2.75, 3.05) is 10.0 Å². The van der Waals surface area contributed by atoms with Crippen LogP contribution in [-0.4, -0.2) is 14.3 Å². The lowest BCUT2D eigenvalue weighted by atomic mass is 10.2. The topological polar surface area (TPSA) is 99.1 Å². The van der Waals surface area contributed by atoms with E-state index >= 15 is 0 Å². The van der Waals surface area contributed by atoms with Crippen molar-refractivity contribution in [2.45, 2.75) is 11.8 Å². The molecule has 0 fully saturated rings. The molecule has 23 heavy (non-hydrogen) atoms. The smallest absolute Gasteiger partial charge is 0.261 e. The Kier molecular flexibility index (Phi) is 4.62. The predicted molar refractivity (Wildman–Crippen MR) is 82.7 cm³/mol. The maximum Gasteiger partial charge on any atom is 0.261 e. The highest BCUT2D eigenvalue weighted by atomic mass is 32.2. The molecule has 0 heterocycles. The Morgan fingerprint density at radius 3 is 2.39 bits per heavy atom. The number of hydrogen-bond donors (Lipinski definition) is 2. The zero-order valence-electron chi connectivity index (χ0n) is 12.0. The van der Waals surface area contributed by atoms with E-state index < -0.39 is 21.7 Å². The monoisotopic (exact) mass is 333 g/mol. The number of nitrogens with zero attached hydrogens (tertiary/aromatic N) is 1. The van der Waals surface area contributed by atoms with Gasteiger partial charge in [-0.1, -0.05) is 0 Å². The maximum atomic E-state index is 13.5. The Morgan fingerprint density at radius 2 is 1.83 bits per heavy atom. The SMILES string of the molecule is CC(=O)Nc1cc(NS(=O)(=O)c2ccc(C#N)cc2)ccc1F. The minimum absolute atomic E-state index is 0.0399. The number of anilines is 2. The third kappa shape index (κ3) is 4.05. The van der Waals surface area contributed by atoms with Crippen LogP contribution in [0.1, 0.15) is 12.5 Å². The molecule has 2 aromatic rings. The van der Waals surface area contributed by atoms with E-state index in [1.807, 2.05) is 6.07 Å². The van der Waals surface area contributed by atoms with Gasteiger partial charge in [-0.05, 0) is 42.5 Å². The first-order chi connectivity index (χ1) is 10.8. The second-order valence-electron chi connectivity index (χ2n) is 4.62. The average Bonchev–Trinajstić information content (AvgIpc) is 2.50. The lowest BCUT2D eigenvalue weighted by Gasteiger charge is -2.10. The number of halogens is 1.